The molecule has 0 aliphatic heterocycles. The summed E-state index contributed by atoms with van der Waals surface area (Å²) in [6.07, 6.45) is 3.62. The number of rotatable bonds is 4. The summed E-state index contributed by atoms with van der Waals surface area (Å²) in [6.45, 7) is 0.256. The van der Waals surface area contributed by atoms with Gasteiger partial charge in [0.2, 0.25) is 5.91 Å². The van der Waals surface area contributed by atoms with E-state index in [2.05, 4.69) is 10.3 Å². The second-order valence-corrected chi connectivity index (χ2v) is 4.40. The normalized spacial score (nSPS) is 14.6. The van der Waals surface area contributed by atoms with E-state index in [1.807, 2.05) is 0 Å². The van der Waals surface area contributed by atoms with Gasteiger partial charge < -0.3 is 11.1 Å². The van der Waals surface area contributed by atoms with E-state index in [0.717, 1.165) is 12.8 Å². The Kier molecular flexibility index (Phi) is 3.33. The molecule has 17 heavy (non-hydrogen) atoms. The van der Waals surface area contributed by atoms with Crippen LogP contribution in [0.4, 0.5) is 5.69 Å². The molecule has 3 N–H and O–H groups in total. The molecule has 0 aromatic carbocycles. The summed E-state index contributed by atoms with van der Waals surface area (Å²) in [5, 5.41) is 2.83. The van der Waals surface area contributed by atoms with Gasteiger partial charge in [0.15, 0.2) is 5.15 Å². The molecule has 6 nitrogen and oxygen atoms in total. The Hall–Kier alpha value is -1.56. The molecule has 1 amide bonds. The number of nitrogens with one attached hydrogen (secondary N) is 1. The summed E-state index contributed by atoms with van der Waals surface area (Å²) in [5.41, 5.74) is 4.95. The molecule has 1 saturated carbocycles. The van der Waals surface area contributed by atoms with Crippen LogP contribution in [0, 0.1) is 0 Å². The number of anilines is 1. The predicted molar refractivity (Wildman–Crippen MR) is 63.7 cm³/mol. The number of hydrogen-bond donors (Lipinski definition) is 2. The molecule has 1 fully saturated rings. The lowest BCUT2D eigenvalue weighted by Gasteiger charge is -2.06. The highest BCUT2D eigenvalue weighted by Crippen LogP contribution is 2.18. The van der Waals surface area contributed by atoms with Crippen LogP contribution in [0.25, 0.3) is 0 Å². The average Bonchev–Trinajstić information content (AvgIpc) is 3.09. The number of nitrogen functional groups attached to an aromatic ring is 1. The Morgan fingerprint density at radius 2 is 2.35 bits per heavy atom. The lowest BCUT2D eigenvalue weighted by molar-refractivity contribution is -0.121. The van der Waals surface area contributed by atoms with Crippen LogP contribution >= 0.6 is 11.6 Å². The van der Waals surface area contributed by atoms with E-state index in [9.17, 15) is 9.59 Å². The number of nitrogens with zero attached hydrogens (tertiary/aromatic N) is 2. The van der Waals surface area contributed by atoms with Crippen molar-refractivity contribution in [3.05, 3.63) is 21.8 Å². The van der Waals surface area contributed by atoms with Gasteiger partial charge in [0.05, 0.1) is 6.33 Å². The maximum Gasteiger partial charge on any atom is 0.278 e. The number of nitrogens with two attached hydrogens (primary N) is 1. The molecule has 1 aromatic heterocycles. The van der Waals surface area contributed by atoms with Crippen molar-refractivity contribution in [1.29, 1.82) is 0 Å². The monoisotopic (exact) mass is 256 g/mol. The lowest BCUT2D eigenvalue weighted by atomic mass is 10.4. The van der Waals surface area contributed by atoms with Crippen LogP contribution in [0.2, 0.25) is 5.15 Å². The van der Waals surface area contributed by atoms with E-state index in [-0.39, 0.29) is 29.7 Å². The number of hydrogen-bond acceptors (Lipinski definition) is 4. The summed E-state index contributed by atoms with van der Waals surface area (Å²) in [6, 6.07) is 0.327. The first-order chi connectivity index (χ1) is 8.08. The number of carbonyl (C=O) groups is 1. The quantitative estimate of drug-likeness (QED) is 0.751. The smallest absolute Gasteiger partial charge is 0.278 e. The molecule has 0 unspecified atom stereocenters. The van der Waals surface area contributed by atoms with Gasteiger partial charge in [-0.3, -0.25) is 14.2 Å². The van der Waals surface area contributed by atoms with E-state index >= 15 is 0 Å². The molecule has 1 aliphatic rings. The van der Waals surface area contributed by atoms with Crippen molar-refractivity contribution in [3.8, 4) is 0 Å². The van der Waals surface area contributed by atoms with E-state index in [1.165, 1.54) is 10.9 Å². The van der Waals surface area contributed by atoms with Crippen molar-refractivity contribution in [2.75, 3.05) is 5.73 Å². The SMILES string of the molecule is Nc1c(Cl)ncn(CCC(=O)NC2CC2)c1=O. The van der Waals surface area contributed by atoms with Gasteiger partial charge in [-0.1, -0.05) is 11.6 Å². The molecule has 2 rings (SSSR count). The van der Waals surface area contributed by atoms with Gasteiger partial charge in [0.1, 0.15) is 5.69 Å². The Morgan fingerprint density at radius 1 is 1.65 bits per heavy atom. The highest BCUT2D eigenvalue weighted by molar-refractivity contribution is 6.31. The second-order valence-electron chi connectivity index (χ2n) is 4.04. The third-order valence-corrected chi connectivity index (χ3v) is 2.85. The van der Waals surface area contributed by atoms with Crippen molar-refractivity contribution < 1.29 is 4.79 Å². The van der Waals surface area contributed by atoms with E-state index in [4.69, 9.17) is 17.3 Å². The maximum atomic E-state index is 11.6. The Bertz CT molecular complexity index is 496. The number of aryl methyl sites for hydroxylation is 1. The molecular weight excluding hydrogens is 244 g/mol. The third kappa shape index (κ3) is 2.97. The van der Waals surface area contributed by atoms with Crippen molar-refractivity contribution in [1.82, 2.24) is 14.9 Å². The summed E-state index contributed by atoms with van der Waals surface area (Å²) in [7, 11) is 0. The van der Waals surface area contributed by atoms with Gasteiger partial charge in [-0.2, -0.15) is 0 Å². The zero-order valence-electron chi connectivity index (χ0n) is 9.15. The minimum Gasteiger partial charge on any atom is -0.392 e. The van der Waals surface area contributed by atoms with Gasteiger partial charge in [-0.25, -0.2) is 4.98 Å². The summed E-state index contributed by atoms with van der Waals surface area (Å²) in [5.74, 6) is -0.0621. The third-order valence-electron chi connectivity index (χ3n) is 2.55. The van der Waals surface area contributed by atoms with Gasteiger partial charge >= 0.3 is 0 Å². The molecule has 92 valence electrons. The zero-order valence-corrected chi connectivity index (χ0v) is 9.91. The summed E-state index contributed by atoms with van der Waals surface area (Å²) in [4.78, 5) is 26.8. The topological polar surface area (TPSA) is 90.0 Å². The first kappa shape index (κ1) is 11.9. The average molecular weight is 257 g/mol. The molecule has 0 saturated heterocycles. The van der Waals surface area contributed by atoms with Crippen LogP contribution in [0.1, 0.15) is 19.3 Å². The summed E-state index contributed by atoms with van der Waals surface area (Å²) < 4.78 is 1.29. The molecule has 1 heterocycles. The van der Waals surface area contributed by atoms with Gasteiger partial charge in [0, 0.05) is 19.0 Å². The minimum absolute atomic E-state index is 0.00585. The number of amides is 1. The number of carbonyl (C=O) groups excluding carboxylic acids is 1. The molecule has 1 aliphatic carbocycles. The molecular formula is C10H13ClN4O2. The Balaban J connectivity index is 1.96. The van der Waals surface area contributed by atoms with Crippen molar-refractivity contribution >= 4 is 23.2 Å². The predicted octanol–water partition coefficient (Wildman–Crippen LogP) is 0.148. The maximum absolute atomic E-state index is 11.6. The fourth-order valence-corrected chi connectivity index (χ4v) is 1.52. The van der Waals surface area contributed by atoms with Gasteiger partial charge in [0.25, 0.3) is 5.56 Å². The Labute approximate surface area is 103 Å². The first-order valence-corrected chi connectivity index (χ1v) is 5.75. The van der Waals surface area contributed by atoms with Crippen LogP contribution in [0.5, 0.6) is 0 Å². The highest BCUT2D eigenvalue weighted by Gasteiger charge is 2.22. The molecule has 0 bridgehead atoms. The van der Waals surface area contributed by atoms with E-state index < -0.39 is 5.56 Å². The van der Waals surface area contributed by atoms with Gasteiger partial charge in [-0.05, 0) is 12.8 Å². The second kappa shape index (κ2) is 4.75. The molecule has 0 atom stereocenters. The fourth-order valence-electron chi connectivity index (χ4n) is 1.39. The lowest BCUT2D eigenvalue weighted by Crippen LogP contribution is -2.29. The largest absolute Gasteiger partial charge is 0.392 e. The molecule has 1 aromatic rings. The van der Waals surface area contributed by atoms with Crippen LogP contribution in [-0.2, 0) is 11.3 Å². The molecule has 7 heteroatoms. The summed E-state index contributed by atoms with van der Waals surface area (Å²) >= 11 is 5.60. The van der Waals surface area contributed by atoms with Crippen LogP contribution < -0.4 is 16.6 Å². The molecule has 0 spiro atoms. The Morgan fingerprint density at radius 3 is 3.00 bits per heavy atom. The standard InChI is InChI=1S/C10H13ClN4O2/c11-9-8(12)10(17)15(5-13-9)4-3-7(16)14-6-1-2-6/h5-6H,1-4,12H2,(H,14,16). The van der Waals surface area contributed by atoms with Crippen LogP contribution in [-0.4, -0.2) is 21.5 Å². The number of aromatic nitrogens is 2. The fraction of sp³-hybridized carbons (Fsp3) is 0.500. The molecule has 0 radical (unpaired) electrons. The van der Waals surface area contributed by atoms with Gasteiger partial charge in [-0.15, -0.1) is 0 Å². The minimum atomic E-state index is -0.413. The highest BCUT2D eigenvalue weighted by atomic mass is 35.5. The van der Waals surface area contributed by atoms with Crippen molar-refractivity contribution in [2.45, 2.75) is 31.8 Å². The van der Waals surface area contributed by atoms with Crippen LogP contribution in [0.3, 0.4) is 0 Å². The first-order valence-electron chi connectivity index (χ1n) is 5.37. The van der Waals surface area contributed by atoms with Crippen molar-refractivity contribution in [3.63, 3.8) is 0 Å². The number of halogens is 1. The zero-order chi connectivity index (χ0) is 12.4. The van der Waals surface area contributed by atoms with E-state index in [0.29, 0.717) is 6.04 Å². The van der Waals surface area contributed by atoms with Crippen LogP contribution in [0.15, 0.2) is 11.1 Å². The van der Waals surface area contributed by atoms with Crippen molar-refractivity contribution in [2.24, 2.45) is 0 Å². The van der Waals surface area contributed by atoms with E-state index in [1.54, 1.807) is 0 Å².